The number of carbonyl (C=O) groups is 2. The summed E-state index contributed by atoms with van der Waals surface area (Å²) in [7, 11) is 2.77. The predicted octanol–water partition coefficient (Wildman–Crippen LogP) is 4.11. The van der Waals surface area contributed by atoms with Crippen molar-refractivity contribution < 1.29 is 41.7 Å². The molecule has 13 heteroatoms. The van der Waals surface area contributed by atoms with Crippen molar-refractivity contribution in [3.8, 4) is 28.7 Å². The number of carbonyl (C=O) groups excluding carboxylic acids is 2. The minimum Gasteiger partial charge on any atom is -0.497 e. The van der Waals surface area contributed by atoms with E-state index in [1.807, 2.05) is 13.8 Å². The molecule has 0 fully saturated rings. The van der Waals surface area contributed by atoms with Crippen molar-refractivity contribution in [2.24, 2.45) is 5.92 Å². The first-order valence-electron chi connectivity index (χ1n) is 14.6. The smallest absolute Gasteiger partial charge is 0.265 e. The van der Waals surface area contributed by atoms with Crippen LogP contribution in [0, 0.1) is 5.92 Å². The molecule has 2 amide bonds. The van der Waals surface area contributed by atoms with Gasteiger partial charge in [-0.3, -0.25) is 13.9 Å². The van der Waals surface area contributed by atoms with Gasteiger partial charge in [0.05, 0.1) is 46.1 Å². The summed E-state index contributed by atoms with van der Waals surface area (Å²) < 4.78 is 56.6. The second kappa shape index (κ2) is 16.1. The molecule has 0 heterocycles. The Balaban J connectivity index is 2.15. The van der Waals surface area contributed by atoms with Gasteiger partial charge < -0.3 is 33.9 Å². The van der Waals surface area contributed by atoms with Crippen molar-refractivity contribution in [3.63, 3.8) is 0 Å². The number of amides is 2. The highest BCUT2D eigenvalue weighted by atomic mass is 32.2. The number of nitrogens with one attached hydrogen (secondary N) is 1. The number of sulfonamides is 1. The zero-order valence-corrected chi connectivity index (χ0v) is 28.3. The van der Waals surface area contributed by atoms with E-state index in [-0.39, 0.29) is 40.5 Å². The number of rotatable bonds is 16. The van der Waals surface area contributed by atoms with E-state index in [0.29, 0.717) is 29.4 Å². The highest BCUT2D eigenvalue weighted by Gasteiger charge is 2.34. The molecule has 0 bridgehead atoms. The monoisotopic (exact) mass is 657 g/mol. The molecule has 0 unspecified atom stereocenters. The molecular formula is C33H43N3O9S. The summed E-state index contributed by atoms with van der Waals surface area (Å²) in [5.41, 5.74) is 0.775. The highest BCUT2D eigenvalue weighted by molar-refractivity contribution is 7.92. The van der Waals surface area contributed by atoms with Crippen LogP contribution >= 0.6 is 0 Å². The van der Waals surface area contributed by atoms with Gasteiger partial charge >= 0.3 is 0 Å². The van der Waals surface area contributed by atoms with Crippen LogP contribution in [0.4, 0.5) is 5.69 Å². The van der Waals surface area contributed by atoms with Crippen LogP contribution in [0.3, 0.4) is 0 Å². The van der Waals surface area contributed by atoms with Crippen molar-refractivity contribution in [2.45, 2.75) is 38.3 Å². The van der Waals surface area contributed by atoms with Crippen molar-refractivity contribution in [1.82, 2.24) is 10.2 Å². The Morgan fingerprint density at radius 1 is 0.739 bits per heavy atom. The normalized spacial score (nSPS) is 11.8. The fourth-order valence-electron chi connectivity index (χ4n) is 4.57. The third-order valence-corrected chi connectivity index (χ3v) is 9.00. The molecule has 3 aromatic rings. The van der Waals surface area contributed by atoms with E-state index < -0.39 is 28.5 Å². The number of hydrogen-bond donors (Lipinski definition) is 1. The highest BCUT2D eigenvalue weighted by Crippen LogP contribution is 2.37. The molecule has 0 aliphatic carbocycles. The second-order valence-corrected chi connectivity index (χ2v) is 12.6. The molecule has 0 aliphatic rings. The van der Waals surface area contributed by atoms with Gasteiger partial charge in [-0.25, -0.2) is 8.42 Å². The van der Waals surface area contributed by atoms with Crippen LogP contribution < -0.4 is 33.3 Å². The van der Waals surface area contributed by atoms with Gasteiger partial charge in [-0.1, -0.05) is 26.0 Å². The lowest BCUT2D eigenvalue weighted by Crippen LogP contribution is -2.51. The quantitative estimate of drug-likeness (QED) is 0.242. The second-order valence-electron chi connectivity index (χ2n) is 10.8. The molecule has 0 saturated heterocycles. The van der Waals surface area contributed by atoms with Gasteiger partial charge in [0.15, 0.2) is 11.5 Å². The minimum atomic E-state index is -4.45. The van der Waals surface area contributed by atoms with Gasteiger partial charge in [0, 0.05) is 25.2 Å². The average molecular weight is 658 g/mol. The van der Waals surface area contributed by atoms with Crippen LogP contribution in [0.5, 0.6) is 28.7 Å². The number of nitrogens with zero attached hydrogens (tertiary/aromatic N) is 2. The molecule has 12 nitrogen and oxygen atoms in total. The van der Waals surface area contributed by atoms with Gasteiger partial charge in [0.25, 0.3) is 10.0 Å². The lowest BCUT2D eigenvalue weighted by molar-refractivity contribution is -0.139. The molecule has 250 valence electrons. The maximum absolute atomic E-state index is 14.4. The van der Waals surface area contributed by atoms with Gasteiger partial charge in [0.1, 0.15) is 29.8 Å². The van der Waals surface area contributed by atoms with Crippen molar-refractivity contribution in [3.05, 3.63) is 66.2 Å². The van der Waals surface area contributed by atoms with Crippen LogP contribution in [0.1, 0.15) is 26.3 Å². The average Bonchev–Trinajstić information content (AvgIpc) is 3.07. The molecule has 0 aromatic heterocycles. The molecule has 1 N–H and O–H groups in total. The lowest BCUT2D eigenvalue weighted by Gasteiger charge is -2.32. The molecule has 0 spiro atoms. The fourth-order valence-corrected chi connectivity index (χ4v) is 6.00. The Morgan fingerprint density at radius 2 is 1.33 bits per heavy atom. The maximum atomic E-state index is 14.4. The Hall–Kier alpha value is -4.65. The summed E-state index contributed by atoms with van der Waals surface area (Å²) in [5, 5.41) is 2.87. The number of methoxy groups -OCH3 is 5. The van der Waals surface area contributed by atoms with Crippen LogP contribution in [-0.2, 0) is 26.2 Å². The van der Waals surface area contributed by atoms with E-state index in [1.165, 1.54) is 57.6 Å². The van der Waals surface area contributed by atoms with E-state index in [0.717, 1.165) is 4.31 Å². The summed E-state index contributed by atoms with van der Waals surface area (Å²) in [6.07, 6.45) is 0. The Kier molecular flexibility index (Phi) is 12.5. The molecule has 1 atom stereocenters. The summed E-state index contributed by atoms with van der Waals surface area (Å²) >= 11 is 0. The maximum Gasteiger partial charge on any atom is 0.265 e. The molecule has 3 aromatic carbocycles. The zero-order valence-electron chi connectivity index (χ0n) is 27.5. The Bertz CT molecular complexity index is 1590. The van der Waals surface area contributed by atoms with Crippen molar-refractivity contribution in [1.29, 1.82) is 0 Å². The first-order chi connectivity index (χ1) is 21.9. The molecule has 46 heavy (non-hydrogen) atoms. The van der Waals surface area contributed by atoms with E-state index in [2.05, 4.69) is 5.32 Å². The van der Waals surface area contributed by atoms with E-state index in [9.17, 15) is 18.0 Å². The third-order valence-electron chi connectivity index (χ3n) is 7.24. The van der Waals surface area contributed by atoms with Gasteiger partial charge in [0.2, 0.25) is 11.8 Å². The van der Waals surface area contributed by atoms with E-state index >= 15 is 0 Å². The topological polar surface area (TPSA) is 133 Å². The summed E-state index contributed by atoms with van der Waals surface area (Å²) in [6.45, 7) is 5.30. The fraction of sp³-hybridized carbons (Fsp3) is 0.394. The minimum absolute atomic E-state index is 0.0264. The number of anilines is 1. The number of benzene rings is 3. The first-order valence-corrected chi connectivity index (χ1v) is 16.0. The van der Waals surface area contributed by atoms with Gasteiger partial charge in [-0.05, 0) is 54.8 Å². The van der Waals surface area contributed by atoms with Crippen molar-refractivity contribution in [2.75, 3.05) is 52.9 Å². The molecule has 0 aliphatic heterocycles. The Labute approximate surface area is 271 Å². The van der Waals surface area contributed by atoms with Crippen LogP contribution in [0.25, 0.3) is 0 Å². The van der Waals surface area contributed by atoms with Crippen LogP contribution in [0.15, 0.2) is 65.6 Å². The molecule has 0 saturated carbocycles. The SMILES string of the molecule is COc1ccc(CN(C(=O)CN(c2cc(OC)ccc2OC)S(=O)(=O)c2ccc(OC)c(OC)c2)[C@H](C)C(=O)NCC(C)C)cc1. The zero-order chi connectivity index (χ0) is 34.0. The standard InChI is InChI=1S/C33H43N3O9S/c1-22(2)19-34-33(38)23(3)35(20-24-9-11-25(41-4)12-10-24)32(37)21-36(28-17-26(42-5)13-15-29(28)43-6)46(39,40)27-14-16-30(44-7)31(18-27)45-8/h9-18,22-23H,19-21H2,1-8H3,(H,34,38)/t23-/m1/s1. The lowest BCUT2D eigenvalue weighted by atomic mass is 10.1. The first kappa shape index (κ1) is 35.8. The van der Waals surface area contributed by atoms with Gasteiger partial charge in [-0.2, -0.15) is 0 Å². The van der Waals surface area contributed by atoms with Crippen molar-refractivity contribution >= 4 is 27.5 Å². The summed E-state index contributed by atoms with van der Waals surface area (Å²) in [4.78, 5) is 28.7. The number of hydrogen-bond acceptors (Lipinski definition) is 9. The van der Waals surface area contributed by atoms with Crippen LogP contribution in [-0.4, -0.2) is 79.8 Å². The predicted molar refractivity (Wildman–Crippen MR) is 174 cm³/mol. The summed E-state index contributed by atoms with van der Waals surface area (Å²) in [5.74, 6) is 0.847. The van der Waals surface area contributed by atoms with Crippen LogP contribution in [0.2, 0.25) is 0 Å². The molecule has 3 rings (SSSR count). The molecular weight excluding hydrogens is 614 g/mol. The largest absolute Gasteiger partial charge is 0.497 e. The Morgan fingerprint density at radius 3 is 1.89 bits per heavy atom. The van der Waals surface area contributed by atoms with E-state index in [1.54, 1.807) is 50.4 Å². The summed E-state index contributed by atoms with van der Waals surface area (Å²) in [6, 6.07) is 14.9. The van der Waals surface area contributed by atoms with Gasteiger partial charge in [-0.15, -0.1) is 0 Å². The third kappa shape index (κ3) is 8.53. The molecule has 0 radical (unpaired) electrons. The number of ether oxygens (including phenoxy) is 5. The van der Waals surface area contributed by atoms with E-state index in [4.69, 9.17) is 23.7 Å².